The first-order valence-electron chi connectivity index (χ1n) is 6.12. The van der Waals surface area contributed by atoms with Gasteiger partial charge in [-0.25, -0.2) is 0 Å². The number of carbonyl (C=O) groups is 2. The lowest BCUT2D eigenvalue weighted by molar-refractivity contribution is -0.144. The van der Waals surface area contributed by atoms with Crippen molar-refractivity contribution in [3.8, 4) is 0 Å². The van der Waals surface area contributed by atoms with Crippen LogP contribution in [-0.4, -0.2) is 17.6 Å². The summed E-state index contributed by atoms with van der Waals surface area (Å²) in [6.07, 6.45) is -0.968. The molecular weight excluding hydrogens is 276 g/mol. The topological polar surface area (TPSA) is 43.4 Å². The Bertz CT molecular complexity index is 581. The molecule has 0 aliphatic heterocycles. The van der Waals surface area contributed by atoms with Crippen LogP contribution < -0.4 is 0 Å². The van der Waals surface area contributed by atoms with Crippen LogP contribution in [0.15, 0.2) is 60.7 Å². The zero-order chi connectivity index (χ0) is 14.4. The van der Waals surface area contributed by atoms with Crippen molar-refractivity contribution >= 4 is 23.4 Å². The molecule has 0 N–H and O–H groups in total. The molecule has 0 saturated heterocycles. The lowest BCUT2D eigenvalue weighted by atomic mass is 10.00. The maximum atomic E-state index is 12.5. The number of ether oxygens (including phenoxy) is 1. The van der Waals surface area contributed by atoms with E-state index in [9.17, 15) is 9.59 Å². The summed E-state index contributed by atoms with van der Waals surface area (Å²) in [6.45, 7) is 0. The predicted molar refractivity (Wildman–Crippen MR) is 76.8 cm³/mol. The molecule has 0 bridgehead atoms. The maximum Gasteiger partial charge on any atom is 0.321 e. The van der Waals surface area contributed by atoms with Gasteiger partial charge in [0.25, 0.3) is 0 Å². The van der Waals surface area contributed by atoms with Crippen molar-refractivity contribution in [2.75, 3.05) is 5.88 Å². The molecule has 102 valence electrons. The fraction of sp³-hybridized carbons (Fsp3) is 0.125. The second-order valence-electron chi connectivity index (χ2n) is 4.14. The van der Waals surface area contributed by atoms with Crippen molar-refractivity contribution in [3.05, 3.63) is 71.8 Å². The minimum absolute atomic E-state index is 0.268. The highest BCUT2D eigenvalue weighted by Gasteiger charge is 2.25. The number of hydrogen-bond acceptors (Lipinski definition) is 3. The average Bonchev–Trinajstić information content (AvgIpc) is 2.53. The van der Waals surface area contributed by atoms with Gasteiger partial charge in [-0.3, -0.25) is 9.59 Å². The molecule has 3 nitrogen and oxygen atoms in total. The summed E-state index contributed by atoms with van der Waals surface area (Å²) in [7, 11) is 0. The molecule has 0 heterocycles. The summed E-state index contributed by atoms with van der Waals surface area (Å²) in [6, 6.07) is 17.6. The van der Waals surface area contributed by atoms with Gasteiger partial charge in [-0.15, -0.1) is 11.6 Å². The molecule has 0 fully saturated rings. The molecule has 2 aromatic carbocycles. The van der Waals surface area contributed by atoms with E-state index in [0.29, 0.717) is 11.1 Å². The highest BCUT2D eigenvalue weighted by Crippen LogP contribution is 2.22. The highest BCUT2D eigenvalue weighted by molar-refractivity contribution is 6.26. The summed E-state index contributed by atoms with van der Waals surface area (Å²) < 4.78 is 5.18. The molecule has 0 radical (unpaired) electrons. The first kappa shape index (κ1) is 14.3. The lowest BCUT2D eigenvalue weighted by Gasteiger charge is -2.16. The van der Waals surface area contributed by atoms with Crippen LogP contribution in [0.5, 0.6) is 0 Å². The molecule has 1 unspecified atom stereocenters. The molecule has 0 aliphatic carbocycles. The van der Waals surface area contributed by atoms with Crippen LogP contribution in [0.25, 0.3) is 0 Å². The first-order chi connectivity index (χ1) is 9.72. The molecule has 0 amide bonds. The van der Waals surface area contributed by atoms with Crippen LogP contribution >= 0.6 is 11.6 Å². The van der Waals surface area contributed by atoms with E-state index in [1.807, 2.05) is 12.1 Å². The Morgan fingerprint density at radius 1 is 0.950 bits per heavy atom. The normalized spacial score (nSPS) is 11.7. The average molecular weight is 289 g/mol. The monoisotopic (exact) mass is 288 g/mol. The smallest absolute Gasteiger partial charge is 0.321 e. The van der Waals surface area contributed by atoms with Gasteiger partial charge in [-0.2, -0.15) is 0 Å². The molecule has 2 aromatic rings. The van der Waals surface area contributed by atoms with E-state index < -0.39 is 12.1 Å². The van der Waals surface area contributed by atoms with E-state index in [1.165, 1.54) is 0 Å². The van der Waals surface area contributed by atoms with Gasteiger partial charge >= 0.3 is 5.97 Å². The summed E-state index contributed by atoms with van der Waals surface area (Å²) in [5.74, 6) is -1.18. The van der Waals surface area contributed by atoms with E-state index in [-0.39, 0.29) is 11.7 Å². The zero-order valence-corrected chi connectivity index (χ0v) is 11.4. The number of carbonyl (C=O) groups excluding carboxylic acids is 2. The number of hydrogen-bond donors (Lipinski definition) is 0. The third kappa shape index (κ3) is 3.45. The number of ketones is 1. The molecule has 1 atom stereocenters. The quantitative estimate of drug-likeness (QED) is 0.481. The SMILES string of the molecule is O=C(CCl)OC(C(=O)c1ccccc1)c1ccccc1. The standard InChI is InChI=1S/C16H13ClO3/c17-11-14(18)20-16(13-9-5-2-6-10-13)15(19)12-7-3-1-4-8-12/h1-10,16H,11H2. The molecule has 0 aliphatic rings. The third-order valence-corrected chi connectivity index (χ3v) is 2.98. The van der Waals surface area contributed by atoms with Crippen molar-refractivity contribution in [3.63, 3.8) is 0 Å². The van der Waals surface area contributed by atoms with Crippen molar-refractivity contribution in [2.45, 2.75) is 6.10 Å². The largest absolute Gasteiger partial charge is 0.448 e. The molecule has 20 heavy (non-hydrogen) atoms. The maximum absolute atomic E-state index is 12.5. The van der Waals surface area contributed by atoms with Crippen LogP contribution in [0.2, 0.25) is 0 Å². The number of halogens is 1. The summed E-state index contributed by atoms with van der Waals surface area (Å²) in [5, 5.41) is 0. The highest BCUT2D eigenvalue weighted by atomic mass is 35.5. The van der Waals surface area contributed by atoms with Gasteiger partial charge in [0.15, 0.2) is 6.10 Å². The Labute approximate surface area is 122 Å². The Balaban J connectivity index is 2.32. The van der Waals surface area contributed by atoms with E-state index >= 15 is 0 Å². The minimum atomic E-state index is -0.968. The summed E-state index contributed by atoms with van der Waals surface area (Å²) in [5.41, 5.74) is 1.11. The Kier molecular flexibility index (Phi) is 4.91. The molecular formula is C16H13ClO3. The number of Topliss-reactive ketones (excluding diaryl/α,β-unsaturated/α-hetero) is 1. The van der Waals surface area contributed by atoms with Gasteiger partial charge in [0.05, 0.1) is 0 Å². The van der Waals surface area contributed by atoms with Gasteiger partial charge in [-0.1, -0.05) is 60.7 Å². The third-order valence-electron chi connectivity index (χ3n) is 2.76. The second kappa shape index (κ2) is 6.87. The minimum Gasteiger partial charge on any atom is -0.448 e. The van der Waals surface area contributed by atoms with E-state index in [2.05, 4.69) is 0 Å². The molecule has 4 heteroatoms. The summed E-state index contributed by atoms with van der Waals surface area (Å²) in [4.78, 5) is 23.9. The van der Waals surface area contributed by atoms with Crippen molar-refractivity contribution in [1.29, 1.82) is 0 Å². The predicted octanol–water partition coefficient (Wildman–Crippen LogP) is 3.39. The van der Waals surface area contributed by atoms with Crippen molar-refractivity contribution < 1.29 is 14.3 Å². The Hall–Kier alpha value is -2.13. The fourth-order valence-corrected chi connectivity index (χ4v) is 1.88. The number of benzene rings is 2. The van der Waals surface area contributed by atoms with Crippen LogP contribution in [0.1, 0.15) is 22.0 Å². The van der Waals surface area contributed by atoms with Crippen LogP contribution in [0.4, 0.5) is 0 Å². The van der Waals surface area contributed by atoms with Gasteiger partial charge in [0, 0.05) is 11.1 Å². The van der Waals surface area contributed by atoms with Crippen LogP contribution in [-0.2, 0) is 9.53 Å². The number of rotatable bonds is 5. The number of alkyl halides is 1. The van der Waals surface area contributed by atoms with Crippen LogP contribution in [0.3, 0.4) is 0 Å². The summed E-state index contributed by atoms with van der Waals surface area (Å²) >= 11 is 5.45. The first-order valence-corrected chi connectivity index (χ1v) is 6.65. The fourth-order valence-electron chi connectivity index (χ4n) is 1.82. The Morgan fingerprint density at radius 2 is 1.50 bits per heavy atom. The van der Waals surface area contributed by atoms with Gasteiger partial charge in [0.2, 0.25) is 5.78 Å². The van der Waals surface area contributed by atoms with E-state index in [4.69, 9.17) is 16.3 Å². The van der Waals surface area contributed by atoms with Gasteiger partial charge < -0.3 is 4.74 Å². The lowest BCUT2D eigenvalue weighted by Crippen LogP contribution is -2.20. The van der Waals surface area contributed by atoms with E-state index in [1.54, 1.807) is 48.5 Å². The molecule has 2 rings (SSSR count). The zero-order valence-electron chi connectivity index (χ0n) is 10.7. The molecule has 0 spiro atoms. The van der Waals surface area contributed by atoms with E-state index in [0.717, 1.165) is 0 Å². The second-order valence-corrected chi connectivity index (χ2v) is 4.41. The van der Waals surface area contributed by atoms with Crippen molar-refractivity contribution in [1.82, 2.24) is 0 Å². The number of esters is 1. The van der Waals surface area contributed by atoms with Crippen LogP contribution in [0, 0.1) is 0 Å². The Morgan fingerprint density at radius 3 is 2.05 bits per heavy atom. The van der Waals surface area contributed by atoms with Crippen molar-refractivity contribution in [2.24, 2.45) is 0 Å². The van der Waals surface area contributed by atoms with Gasteiger partial charge in [0.1, 0.15) is 5.88 Å². The molecule has 0 saturated carbocycles. The molecule has 0 aromatic heterocycles. The van der Waals surface area contributed by atoms with Gasteiger partial charge in [-0.05, 0) is 0 Å².